The van der Waals surface area contributed by atoms with Crippen molar-refractivity contribution in [3.8, 4) is 23.3 Å². The average molecular weight is 381 g/mol. The number of sulfonamides is 1. The summed E-state index contributed by atoms with van der Waals surface area (Å²) < 4.78 is 62.7. The van der Waals surface area contributed by atoms with Gasteiger partial charge in [0.25, 0.3) is 0 Å². The van der Waals surface area contributed by atoms with Crippen molar-refractivity contribution in [2.75, 3.05) is 20.3 Å². The van der Waals surface area contributed by atoms with Gasteiger partial charge in [-0.1, -0.05) is 24.0 Å². The molecule has 0 saturated heterocycles. The highest BCUT2D eigenvalue weighted by atomic mass is 32.2. The Morgan fingerprint density at radius 1 is 1.04 bits per heavy atom. The zero-order chi connectivity index (χ0) is 19.0. The van der Waals surface area contributed by atoms with Crippen LogP contribution in [0.25, 0.3) is 0 Å². The summed E-state index contributed by atoms with van der Waals surface area (Å²) in [6.07, 6.45) is 0. The first kappa shape index (κ1) is 19.7. The Hall–Kier alpha value is -2.63. The number of nitrogens with one attached hydrogen (secondary N) is 1. The maximum Gasteiger partial charge on any atom is 0.216 e. The van der Waals surface area contributed by atoms with Crippen LogP contribution >= 0.6 is 0 Å². The molecule has 2 aromatic rings. The van der Waals surface area contributed by atoms with Crippen LogP contribution in [-0.2, 0) is 15.8 Å². The highest BCUT2D eigenvalue weighted by Crippen LogP contribution is 2.25. The minimum absolute atomic E-state index is 0.0162. The lowest BCUT2D eigenvalue weighted by Crippen LogP contribution is -2.25. The van der Waals surface area contributed by atoms with Crippen molar-refractivity contribution in [1.29, 1.82) is 0 Å². The summed E-state index contributed by atoms with van der Waals surface area (Å²) >= 11 is 0. The van der Waals surface area contributed by atoms with Crippen molar-refractivity contribution in [3.63, 3.8) is 0 Å². The van der Waals surface area contributed by atoms with Crippen LogP contribution in [0.5, 0.6) is 11.5 Å². The molecule has 0 atom stereocenters. The first-order valence-electron chi connectivity index (χ1n) is 7.53. The first-order chi connectivity index (χ1) is 12.4. The van der Waals surface area contributed by atoms with Crippen LogP contribution in [0.1, 0.15) is 5.56 Å². The van der Waals surface area contributed by atoms with Crippen molar-refractivity contribution in [1.82, 2.24) is 4.72 Å². The predicted octanol–water partition coefficient (Wildman–Crippen LogP) is 2.48. The summed E-state index contributed by atoms with van der Waals surface area (Å²) in [6, 6.07) is 9.67. The molecule has 26 heavy (non-hydrogen) atoms. The fourth-order valence-corrected chi connectivity index (χ4v) is 3.08. The van der Waals surface area contributed by atoms with Crippen LogP contribution in [-0.4, -0.2) is 28.7 Å². The Kier molecular flexibility index (Phi) is 6.95. The van der Waals surface area contributed by atoms with Gasteiger partial charge in [-0.2, -0.15) is 0 Å². The molecule has 0 amide bonds. The summed E-state index contributed by atoms with van der Waals surface area (Å²) in [5, 5.41) is 0. The highest BCUT2D eigenvalue weighted by molar-refractivity contribution is 7.88. The molecular formula is C18H17F2NO4S. The second-order valence-corrected chi connectivity index (χ2v) is 6.96. The Morgan fingerprint density at radius 3 is 2.35 bits per heavy atom. The number of hydrogen-bond donors (Lipinski definition) is 1. The average Bonchev–Trinajstić information content (AvgIpc) is 2.56. The van der Waals surface area contributed by atoms with Crippen LogP contribution < -0.4 is 14.2 Å². The van der Waals surface area contributed by atoms with Crippen molar-refractivity contribution in [2.45, 2.75) is 5.75 Å². The van der Waals surface area contributed by atoms with Gasteiger partial charge in [0, 0.05) is 6.07 Å². The molecule has 5 nitrogen and oxygen atoms in total. The molecule has 0 aliphatic heterocycles. The van der Waals surface area contributed by atoms with Gasteiger partial charge < -0.3 is 9.47 Å². The molecule has 8 heteroatoms. The van der Waals surface area contributed by atoms with Crippen LogP contribution in [0, 0.1) is 23.5 Å². The molecule has 2 aromatic carbocycles. The van der Waals surface area contributed by atoms with E-state index >= 15 is 0 Å². The van der Waals surface area contributed by atoms with E-state index in [2.05, 4.69) is 16.6 Å². The van der Waals surface area contributed by atoms with E-state index in [0.717, 1.165) is 12.1 Å². The summed E-state index contributed by atoms with van der Waals surface area (Å²) in [6.45, 7) is -0.0907. The molecule has 1 N–H and O–H groups in total. The zero-order valence-electron chi connectivity index (χ0n) is 14.0. The minimum atomic E-state index is -3.76. The van der Waals surface area contributed by atoms with E-state index in [1.807, 2.05) is 0 Å². The van der Waals surface area contributed by atoms with E-state index in [9.17, 15) is 17.2 Å². The minimum Gasteiger partial charge on any atom is -0.493 e. The van der Waals surface area contributed by atoms with Gasteiger partial charge in [0.1, 0.15) is 18.2 Å². The molecule has 0 bridgehead atoms. The fourth-order valence-electron chi connectivity index (χ4n) is 2.08. The number of methoxy groups -OCH3 is 1. The molecule has 0 fully saturated rings. The second kappa shape index (κ2) is 9.17. The Labute approximate surface area is 151 Å². The van der Waals surface area contributed by atoms with E-state index in [0.29, 0.717) is 17.6 Å². The van der Waals surface area contributed by atoms with Crippen LogP contribution in [0.3, 0.4) is 0 Å². The van der Waals surface area contributed by atoms with Gasteiger partial charge in [0.2, 0.25) is 10.0 Å². The lowest BCUT2D eigenvalue weighted by Gasteiger charge is -2.07. The fraction of sp³-hybridized carbons (Fsp3) is 0.222. The van der Waals surface area contributed by atoms with E-state index in [1.54, 1.807) is 24.3 Å². The third-order valence-electron chi connectivity index (χ3n) is 3.15. The molecule has 0 radical (unpaired) electrons. The molecule has 0 aromatic heterocycles. The van der Waals surface area contributed by atoms with Gasteiger partial charge in [-0.15, -0.1) is 0 Å². The van der Waals surface area contributed by atoms with E-state index in [4.69, 9.17) is 9.47 Å². The summed E-state index contributed by atoms with van der Waals surface area (Å²) in [5.41, 5.74) is 0.0162. The number of para-hydroxylation sites is 2. The monoisotopic (exact) mass is 381 g/mol. The summed E-state index contributed by atoms with van der Waals surface area (Å²) in [4.78, 5) is 0. The van der Waals surface area contributed by atoms with Crippen molar-refractivity contribution in [3.05, 3.63) is 59.7 Å². The number of benzene rings is 2. The predicted molar refractivity (Wildman–Crippen MR) is 93.2 cm³/mol. The quantitative estimate of drug-likeness (QED) is 0.749. The van der Waals surface area contributed by atoms with E-state index < -0.39 is 27.4 Å². The Bertz CT molecular complexity index is 900. The van der Waals surface area contributed by atoms with Crippen LogP contribution in [0.4, 0.5) is 8.78 Å². The van der Waals surface area contributed by atoms with Crippen LogP contribution in [0.2, 0.25) is 0 Å². The molecule has 138 valence electrons. The summed E-state index contributed by atoms with van der Waals surface area (Å²) in [7, 11) is -2.24. The maximum absolute atomic E-state index is 13.1. The topological polar surface area (TPSA) is 64.6 Å². The highest BCUT2D eigenvalue weighted by Gasteiger charge is 2.12. The maximum atomic E-state index is 13.1. The Balaban J connectivity index is 1.82. The van der Waals surface area contributed by atoms with Gasteiger partial charge in [0.15, 0.2) is 11.5 Å². The molecule has 0 saturated carbocycles. The number of hydrogen-bond acceptors (Lipinski definition) is 4. The standard InChI is InChI=1S/C18H17F2NO4S/c1-24-17-6-2-3-7-18(17)25-9-5-4-8-21-26(22,23)13-14-10-15(19)12-16(20)11-14/h2-3,6-7,10-12,21H,8-9,13H2,1H3. The second-order valence-electron chi connectivity index (χ2n) is 5.15. The van der Waals surface area contributed by atoms with Gasteiger partial charge in [-0.05, 0) is 29.8 Å². The van der Waals surface area contributed by atoms with Crippen molar-refractivity contribution >= 4 is 10.0 Å². The van der Waals surface area contributed by atoms with Gasteiger partial charge in [-0.25, -0.2) is 21.9 Å². The smallest absolute Gasteiger partial charge is 0.216 e. The molecule has 0 unspecified atom stereocenters. The number of halogens is 2. The van der Waals surface area contributed by atoms with Crippen molar-refractivity contribution < 1.29 is 26.7 Å². The molecular weight excluding hydrogens is 364 g/mol. The van der Waals surface area contributed by atoms with Gasteiger partial charge >= 0.3 is 0 Å². The molecule has 0 heterocycles. The summed E-state index contributed by atoms with van der Waals surface area (Å²) in [5.74, 6) is 4.16. The SMILES string of the molecule is COc1ccccc1OCC#CCNS(=O)(=O)Cc1cc(F)cc(F)c1. The Morgan fingerprint density at radius 2 is 1.69 bits per heavy atom. The van der Waals surface area contributed by atoms with Crippen LogP contribution in [0.15, 0.2) is 42.5 Å². The van der Waals surface area contributed by atoms with E-state index in [-0.39, 0.29) is 18.7 Å². The molecule has 0 spiro atoms. The number of rotatable bonds is 7. The molecule has 0 aliphatic carbocycles. The third kappa shape index (κ3) is 6.35. The van der Waals surface area contributed by atoms with Crippen molar-refractivity contribution in [2.24, 2.45) is 0 Å². The normalized spacial score (nSPS) is 10.7. The number of ether oxygens (including phenoxy) is 2. The lowest BCUT2D eigenvalue weighted by atomic mass is 10.2. The van der Waals surface area contributed by atoms with E-state index in [1.165, 1.54) is 7.11 Å². The lowest BCUT2D eigenvalue weighted by molar-refractivity contribution is 0.331. The largest absolute Gasteiger partial charge is 0.493 e. The third-order valence-corrected chi connectivity index (χ3v) is 4.45. The van der Waals surface area contributed by atoms with Gasteiger partial charge in [-0.3, -0.25) is 0 Å². The zero-order valence-corrected chi connectivity index (χ0v) is 14.8. The molecule has 2 rings (SSSR count). The van der Waals surface area contributed by atoms with Gasteiger partial charge in [0.05, 0.1) is 19.4 Å². The first-order valence-corrected chi connectivity index (χ1v) is 9.19. The molecule has 0 aliphatic rings.